The van der Waals surface area contributed by atoms with Gasteiger partial charge in [0.05, 0.1) is 11.1 Å². The lowest BCUT2D eigenvalue weighted by atomic mass is 10.5. The summed E-state index contributed by atoms with van der Waals surface area (Å²) >= 11 is 3.02. The highest BCUT2D eigenvalue weighted by atomic mass is 32.2. The van der Waals surface area contributed by atoms with E-state index in [1.54, 1.807) is 22.2 Å². The van der Waals surface area contributed by atoms with Gasteiger partial charge in [0.25, 0.3) is 0 Å². The number of anilines is 1. The van der Waals surface area contributed by atoms with E-state index in [1.807, 2.05) is 6.92 Å². The maximum atomic E-state index is 11.3. The first kappa shape index (κ1) is 8.00. The fraction of sp³-hybridized carbons (Fsp3) is 0.500. The maximum absolute atomic E-state index is 11.3. The number of carbonyl (C=O) groups is 1. The highest BCUT2D eigenvalue weighted by Gasteiger charge is 2.31. The second-order valence-electron chi connectivity index (χ2n) is 2.40. The Morgan fingerprint density at radius 1 is 1.75 bits per heavy atom. The Balaban J connectivity index is 2.28. The van der Waals surface area contributed by atoms with Crippen LogP contribution in [0.4, 0.5) is 5.13 Å². The van der Waals surface area contributed by atoms with Crippen molar-refractivity contribution in [1.29, 1.82) is 0 Å². The van der Waals surface area contributed by atoms with Gasteiger partial charge in [-0.3, -0.25) is 9.69 Å². The van der Waals surface area contributed by atoms with Crippen molar-refractivity contribution in [3.05, 3.63) is 5.51 Å². The van der Waals surface area contributed by atoms with E-state index >= 15 is 0 Å². The van der Waals surface area contributed by atoms with E-state index in [0.717, 1.165) is 0 Å². The summed E-state index contributed by atoms with van der Waals surface area (Å²) in [6, 6.07) is 0. The average Bonchev–Trinajstić information content (AvgIpc) is 2.61. The summed E-state index contributed by atoms with van der Waals surface area (Å²) in [7, 11) is 0. The van der Waals surface area contributed by atoms with E-state index in [9.17, 15) is 4.79 Å². The van der Waals surface area contributed by atoms with Gasteiger partial charge in [0.1, 0.15) is 5.51 Å². The van der Waals surface area contributed by atoms with Crippen molar-refractivity contribution in [2.45, 2.75) is 12.3 Å². The summed E-state index contributed by atoms with van der Waals surface area (Å²) in [5.74, 6) is 0.685. The molecule has 0 aromatic carbocycles. The zero-order valence-corrected chi connectivity index (χ0v) is 8.06. The summed E-state index contributed by atoms with van der Waals surface area (Å²) in [5.41, 5.74) is 1.64. The zero-order valence-electron chi connectivity index (χ0n) is 6.43. The molecule has 1 aliphatic heterocycles. The third-order valence-electron chi connectivity index (χ3n) is 1.63. The van der Waals surface area contributed by atoms with Crippen LogP contribution < -0.4 is 4.90 Å². The molecule has 4 nitrogen and oxygen atoms in total. The fourth-order valence-electron chi connectivity index (χ4n) is 1.07. The first-order valence-electron chi connectivity index (χ1n) is 3.49. The number of amides is 1. The van der Waals surface area contributed by atoms with Crippen molar-refractivity contribution in [1.82, 2.24) is 10.2 Å². The molecule has 1 saturated heterocycles. The van der Waals surface area contributed by atoms with Gasteiger partial charge in [-0.1, -0.05) is 11.3 Å². The van der Waals surface area contributed by atoms with Crippen molar-refractivity contribution in [2.24, 2.45) is 0 Å². The number of hydrogen-bond acceptors (Lipinski definition) is 5. The van der Waals surface area contributed by atoms with Gasteiger partial charge in [-0.15, -0.1) is 22.0 Å². The molecule has 64 valence electrons. The number of nitrogens with zero attached hydrogens (tertiary/aromatic N) is 3. The Bertz CT molecular complexity index is 287. The molecule has 0 unspecified atom stereocenters. The summed E-state index contributed by atoms with van der Waals surface area (Å²) in [5, 5.41) is 8.47. The molecule has 0 bridgehead atoms. The Morgan fingerprint density at radius 3 is 3.08 bits per heavy atom. The molecule has 1 aliphatic rings. The molecule has 1 amide bonds. The number of carbonyl (C=O) groups excluding carboxylic acids is 1. The largest absolute Gasteiger partial charge is 0.274 e. The Morgan fingerprint density at radius 2 is 2.58 bits per heavy atom. The molecule has 12 heavy (non-hydrogen) atoms. The van der Waals surface area contributed by atoms with Crippen LogP contribution in [0, 0.1) is 0 Å². The molecule has 0 radical (unpaired) electrons. The highest BCUT2D eigenvalue weighted by molar-refractivity contribution is 8.01. The van der Waals surface area contributed by atoms with Gasteiger partial charge in [-0.05, 0) is 6.92 Å². The van der Waals surface area contributed by atoms with Crippen LogP contribution in [0.15, 0.2) is 5.51 Å². The minimum Gasteiger partial charge on any atom is -0.274 e. The molecule has 2 heterocycles. The van der Waals surface area contributed by atoms with Crippen molar-refractivity contribution < 1.29 is 4.79 Å². The van der Waals surface area contributed by atoms with E-state index in [2.05, 4.69) is 10.2 Å². The minimum absolute atomic E-state index is 0.129. The standard InChI is InChI=1S/C6H7N3OS2/c1-4-9(5(10)2-11-4)6-8-7-3-12-6/h3-4H,2H2,1H3/t4-/m0/s1. The molecular formula is C6H7N3OS2. The minimum atomic E-state index is 0.129. The van der Waals surface area contributed by atoms with E-state index in [0.29, 0.717) is 10.9 Å². The first-order chi connectivity index (χ1) is 5.79. The molecule has 0 spiro atoms. The van der Waals surface area contributed by atoms with Gasteiger partial charge in [0, 0.05) is 0 Å². The number of rotatable bonds is 1. The molecule has 1 atom stereocenters. The highest BCUT2D eigenvalue weighted by Crippen LogP contribution is 2.30. The molecule has 1 aromatic heterocycles. The van der Waals surface area contributed by atoms with Crippen LogP contribution in [0.1, 0.15) is 6.92 Å². The van der Waals surface area contributed by atoms with Crippen LogP contribution in [0.5, 0.6) is 0 Å². The molecule has 0 saturated carbocycles. The van der Waals surface area contributed by atoms with Crippen LogP contribution >= 0.6 is 23.1 Å². The SMILES string of the molecule is C[C@@H]1SCC(=O)N1c1nncs1. The summed E-state index contributed by atoms with van der Waals surface area (Å²) in [4.78, 5) is 13.0. The molecule has 0 N–H and O–H groups in total. The average molecular weight is 201 g/mol. The molecule has 0 aliphatic carbocycles. The predicted octanol–water partition coefficient (Wildman–Crippen LogP) is 0.964. The molecule has 2 rings (SSSR count). The second-order valence-corrected chi connectivity index (χ2v) is 4.51. The van der Waals surface area contributed by atoms with Gasteiger partial charge < -0.3 is 0 Å². The lowest BCUT2D eigenvalue weighted by Crippen LogP contribution is -2.30. The molecule has 6 heteroatoms. The van der Waals surface area contributed by atoms with Crippen LogP contribution in [0.2, 0.25) is 0 Å². The lowest BCUT2D eigenvalue weighted by molar-refractivity contribution is -0.115. The van der Waals surface area contributed by atoms with Crippen molar-refractivity contribution in [3.8, 4) is 0 Å². The third-order valence-corrected chi connectivity index (χ3v) is 3.43. The number of aromatic nitrogens is 2. The second kappa shape index (κ2) is 3.02. The van der Waals surface area contributed by atoms with Crippen LogP contribution in [-0.2, 0) is 4.79 Å². The van der Waals surface area contributed by atoms with Crippen LogP contribution in [0.3, 0.4) is 0 Å². The van der Waals surface area contributed by atoms with Gasteiger partial charge in [-0.2, -0.15) is 0 Å². The van der Waals surface area contributed by atoms with Gasteiger partial charge in [0.2, 0.25) is 11.0 Å². The Labute approximate surface area is 78.0 Å². The zero-order chi connectivity index (χ0) is 8.55. The summed E-state index contributed by atoms with van der Waals surface area (Å²) in [6.45, 7) is 2.00. The Kier molecular flexibility index (Phi) is 2.02. The van der Waals surface area contributed by atoms with Crippen molar-refractivity contribution in [3.63, 3.8) is 0 Å². The maximum Gasteiger partial charge on any atom is 0.239 e. The monoisotopic (exact) mass is 201 g/mol. The normalized spacial score (nSPS) is 23.6. The summed E-state index contributed by atoms with van der Waals surface area (Å²) < 4.78 is 0. The Hall–Kier alpha value is -0.620. The van der Waals surface area contributed by atoms with E-state index in [-0.39, 0.29) is 11.3 Å². The van der Waals surface area contributed by atoms with E-state index in [4.69, 9.17) is 0 Å². The van der Waals surface area contributed by atoms with Crippen LogP contribution in [0.25, 0.3) is 0 Å². The molecular weight excluding hydrogens is 194 g/mol. The van der Waals surface area contributed by atoms with Crippen molar-refractivity contribution >= 4 is 34.1 Å². The topological polar surface area (TPSA) is 46.1 Å². The number of thioether (sulfide) groups is 1. The van der Waals surface area contributed by atoms with E-state index in [1.165, 1.54) is 11.3 Å². The van der Waals surface area contributed by atoms with Gasteiger partial charge >= 0.3 is 0 Å². The van der Waals surface area contributed by atoms with Gasteiger partial charge in [-0.25, -0.2) is 0 Å². The van der Waals surface area contributed by atoms with E-state index < -0.39 is 0 Å². The first-order valence-corrected chi connectivity index (χ1v) is 5.41. The molecule has 1 fully saturated rings. The third kappa shape index (κ3) is 1.21. The van der Waals surface area contributed by atoms with Crippen LogP contribution in [-0.4, -0.2) is 27.2 Å². The fourth-order valence-corrected chi connectivity index (χ4v) is 2.69. The summed E-state index contributed by atoms with van der Waals surface area (Å²) in [6.07, 6.45) is 0. The smallest absolute Gasteiger partial charge is 0.239 e. The molecule has 1 aromatic rings. The van der Waals surface area contributed by atoms with Crippen molar-refractivity contribution in [2.75, 3.05) is 10.7 Å². The lowest BCUT2D eigenvalue weighted by Gasteiger charge is -2.15. The van der Waals surface area contributed by atoms with Gasteiger partial charge in [0.15, 0.2) is 0 Å². The number of hydrogen-bond donors (Lipinski definition) is 0. The predicted molar refractivity (Wildman–Crippen MR) is 49.3 cm³/mol. The quantitative estimate of drug-likeness (QED) is 0.679.